The molecule has 0 aliphatic rings. The number of benzene rings is 9. The first-order valence-corrected chi connectivity index (χ1v) is 24.7. The molecule has 0 bridgehead atoms. The highest BCUT2D eigenvalue weighted by molar-refractivity contribution is 6.18. The Morgan fingerprint density at radius 3 is 0.861 bits per heavy atom. The standard InChI is InChI=1S/C66H44N6/c1-41-37-38-44(42(2)68-41)62-65(71-57-33-15-7-25-49(57)50-26-8-16-34-58(50)71)63(69-53-29-11-3-21-45(53)46-22-4-12-30-54(46)69)61(43-20-19-39-67-40-43)64(70-55-31-13-5-23-47(55)48-24-6-14-32-56(48)70)66(62)72-59-35-17-9-27-51(59)52-28-10-18-36-60(52)72/h3-40H,1-2H3. The lowest BCUT2D eigenvalue weighted by atomic mass is 9.90. The molecule has 0 fully saturated rings. The second-order valence-corrected chi connectivity index (χ2v) is 19.0. The predicted molar refractivity (Wildman–Crippen MR) is 300 cm³/mol. The van der Waals surface area contributed by atoms with Gasteiger partial charge in [-0.05, 0) is 74.5 Å². The second kappa shape index (κ2) is 15.5. The summed E-state index contributed by atoms with van der Waals surface area (Å²) in [5, 5.41) is 9.43. The van der Waals surface area contributed by atoms with E-state index in [9.17, 15) is 0 Å². The molecule has 9 aromatic carbocycles. The molecule has 338 valence electrons. The maximum Gasteiger partial charge on any atom is 0.0811 e. The van der Waals surface area contributed by atoms with E-state index >= 15 is 0 Å². The highest BCUT2D eigenvalue weighted by atomic mass is 15.1. The van der Waals surface area contributed by atoms with E-state index in [0.29, 0.717) is 0 Å². The summed E-state index contributed by atoms with van der Waals surface area (Å²) in [6, 6.07) is 80.1. The Bertz CT molecular complexity index is 4250. The Hall–Kier alpha value is -9.52. The summed E-state index contributed by atoms with van der Waals surface area (Å²) in [7, 11) is 0. The van der Waals surface area contributed by atoms with Crippen LogP contribution in [0, 0.1) is 13.8 Å². The van der Waals surface area contributed by atoms with Gasteiger partial charge in [-0.25, -0.2) is 0 Å². The average molecular weight is 921 g/mol. The number of pyridine rings is 2. The smallest absolute Gasteiger partial charge is 0.0811 e. The van der Waals surface area contributed by atoms with Crippen LogP contribution in [-0.4, -0.2) is 28.2 Å². The molecular weight excluding hydrogens is 877 g/mol. The topological polar surface area (TPSA) is 45.5 Å². The van der Waals surface area contributed by atoms with Gasteiger partial charge in [0.2, 0.25) is 0 Å². The number of nitrogens with zero attached hydrogens (tertiary/aromatic N) is 6. The summed E-state index contributed by atoms with van der Waals surface area (Å²) in [4.78, 5) is 10.4. The van der Waals surface area contributed by atoms with Crippen LogP contribution in [0.2, 0.25) is 0 Å². The van der Waals surface area contributed by atoms with E-state index < -0.39 is 0 Å². The Kier molecular flexibility index (Phi) is 8.69. The molecule has 15 aromatic rings. The molecule has 0 amide bonds. The Morgan fingerprint density at radius 1 is 0.292 bits per heavy atom. The van der Waals surface area contributed by atoms with E-state index in [2.05, 4.69) is 257 Å². The molecule has 0 N–H and O–H groups in total. The van der Waals surface area contributed by atoms with Gasteiger partial charge >= 0.3 is 0 Å². The first-order valence-electron chi connectivity index (χ1n) is 24.7. The maximum atomic E-state index is 5.37. The fourth-order valence-corrected chi connectivity index (χ4v) is 12.2. The summed E-state index contributed by atoms with van der Waals surface area (Å²) in [5.74, 6) is 0. The first kappa shape index (κ1) is 40.4. The van der Waals surface area contributed by atoms with Crippen LogP contribution in [0.25, 0.3) is 132 Å². The van der Waals surface area contributed by atoms with Crippen molar-refractivity contribution in [1.29, 1.82) is 0 Å². The van der Waals surface area contributed by atoms with E-state index in [0.717, 1.165) is 101 Å². The minimum absolute atomic E-state index is 0.939. The molecule has 0 spiro atoms. The van der Waals surface area contributed by atoms with Gasteiger partial charge in [-0.2, -0.15) is 0 Å². The third kappa shape index (κ3) is 5.60. The lowest BCUT2D eigenvalue weighted by Crippen LogP contribution is -2.16. The summed E-state index contributed by atoms with van der Waals surface area (Å²) >= 11 is 0. The van der Waals surface area contributed by atoms with Gasteiger partial charge in [0, 0.05) is 89.1 Å². The lowest BCUT2D eigenvalue weighted by Gasteiger charge is -2.31. The van der Waals surface area contributed by atoms with Crippen LogP contribution in [0.3, 0.4) is 0 Å². The fraction of sp³-hybridized carbons (Fsp3) is 0.0303. The van der Waals surface area contributed by atoms with E-state index in [1.807, 2.05) is 6.20 Å². The van der Waals surface area contributed by atoms with Crippen molar-refractivity contribution in [2.24, 2.45) is 0 Å². The molecule has 6 heterocycles. The van der Waals surface area contributed by atoms with E-state index in [-0.39, 0.29) is 0 Å². The number of aromatic nitrogens is 6. The quantitative estimate of drug-likeness (QED) is 0.167. The van der Waals surface area contributed by atoms with Crippen LogP contribution in [0.4, 0.5) is 0 Å². The molecular formula is C66H44N6. The minimum atomic E-state index is 0.939. The van der Waals surface area contributed by atoms with E-state index in [1.54, 1.807) is 0 Å². The molecule has 6 aromatic heterocycles. The molecule has 72 heavy (non-hydrogen) atoms. The van der Waals surface area contributed by atoms with Crippen LogP contribution >= 0.6 is 0 Å². The fourth-order valence-electron chi connectivity index (χ4n) is 12.2. The van der Waals surface area contributed by atoms with Gasteiger partial charge in [0.25, 0.3) is 0 Å². The van der Waals surface area contributed by atoms with Gasteiger partial charge in [-0.3, -0.25) is 9.97 Å². The maximum absolute atomic E-state index is 5.37. The third-order valence-corrected chi connectivity index (χ3v) is 15.1. The molecule has 6 heteroatoms. The molecule has 0 radical (unpaired) electrons. The Morgan fingerprint density at radius 2 is 0.583 bits per heavy atom. The van der Waals surface area contributed by atoms with Crippen LogP contribution in [0.15, 0.2) is 231 Å². The zero-order valence-electron chi connectivity index (χ0n) is 39.6. The van der Waals surface area contributed by atoms with Crippen molar-refractivity contribution in [3.05, 3.63) is 242 Å². The SMILES string of the molecule is Cc1ccc(-c2c(-n3c4ccccc4c4ccccc43)c(-n3c4ccccc4c4ccccc43)c(-c3cccnc3)c(-n3c4ccccc4c4ccccc43)c2-n2c3ccccc3c3ccccc32)c(C)n1. The summed E-state index contributed by atoms with van der Waals surface area (Å²) in [5.41, 5.74) is 19.0. The first-order chi connectivity index (χ1) is 35.6. The van der Waals surface area contributed by atoms with Crippen LogP contribution in [-0.2, 0) is 0 Å². The largest absolute Gasteiger partial charge is 0.306 e. The molecule has 0 saturated heterocycles. The monoisotopic (exact) mass is 920 g/mol. The minimum Gasteiger partial charge on any atom is -0.306 e. The molecule has 0 aliphatic carbocycles. The highest BCUT2D eigenvalue weighted by Gasteiger charge is 2.35. The Balaban J connectivity index is 1.36. The van der Waals surface area contributed by atoms with Crippen molar-refractivity contribution in [2.45, 2.75) is 13.8 Å². The van der Waals surface area contributed by atoms with E-state index in [1.165, 1.54) is 43.1 Å². The third-order valence-electron chi connectivity index (χ3n) is 15.1. The lowest BCUT2D eigenvalue weighted by molar-refractivity contribution is 1.04. The van der Waals surface area contributed by atoms with Crippen LogP contribution in [0.5, 0.6) is 0 Å². The van der Waals surface area contributed by atoms with Crippen molar-refractivity contribution in [3.63, 3.8) is 0 Å². The molecule has 0 aliphatic heterocycles. The molecule has 0 atom stereocenters. The molecule has 0 saturated carbocycles. The zero-order valence-corrected chi connectivity index (χ0v) is 39.6. The number of hydrogen-bond acceptors (Lipinski definition) is 2. The number of para-hydroxylation sites is 8. The normalized spacial score (nSPS) is 12.0. The van der Waals surface area contributed by atoms with Crippen LogP contribution < -0.4 is 0 Å². The van der Waals surface area contributed by atoms with Gasteiger partial charge in [0.05, 0.1) is 66.9 Å². The number of hydrogen-bond donors (Lipinski definition) is 0. The van der Waals surface area contributed by atoms with E-state index in [4.69, 9.17) is 9.97 Å². The summed E-state index contributed by atoms with van der Waals surface area (Å²) in [6.45, 7) is 4.28. The van der Waals surface area contributed by atoms with Gasteiger partial charge in [0.15, 0.2) is 0 Å². The predicted octanol–water partition coefficient (Wildman–Crippen LogP) is 16.8. The van der Waals surface area contributed by atoms with Crippen molar-refractivity contribution < 1.29 is 0 Å². The van der Waals surface area contributed by atoms with Gasteiger partial charge in [-0.1, -0.05) is 158 Å². The summed E-state index contributed by atoms with van der Waals surface area (Å²) in [6.07, 6.45) is 3.95. The van der Waals surface area contributed by atoms with Crippen molar-refractivity contribution in [3.8, 4) is 45.0 Å². The van der Waals surface area contributed by atoms with Gasteiger partial charge in [-0.15, -0.1) is 0 Å². The number of fused-ring (bicyclic) bond motifs is 12. The van der Waals surface area contributed by atoms with Crippen molar-refractivity contribution >= 4 is 87.2 Å². The van der Waals surface area contributed by atoms with Crippen molar-refractivity contribution in [2.75, 3.05) is 0 Å². The number of aryl methyl sites for hydroxylation is 2. The van der Waals surface area contributed by atoms with Crippen LogP contribution in [0.1, 0.15) is 11.4 Å². The molecule has 6 nitrogen and oxygen atoms in total. The van der Waals surface area contributed by atoms with Crippen molar-refractivity contribution in [1.82, 2.24) is 28.2 Å². The Labute approximate surface area is 414 Å². The summed E-state index contributed by atoms with van der Waals surface area (Å²) < 4.78 is 10.2. The molecule has 0 unspecified atom stereocenters. The van der Waals surface area contributed by atoms with Gasteiger partial charge in [0.1, 0.15) is 0 Å². The zero-order chi connectivity index (χ0) is 47.6. The molecule has 15 rings (SSSR count). The van der Waals surface area contributed by atoms with Gasteiger partial charge < -0.3 is 18.3 Å². The average Bonchev–Trinajstić information content (AvgIpc) is 4.16. The second-order valence-electron chi connectivity index (χ2n) is 19.0. The highest BCUT2D eigenvalue weighted by Crippen LogP contribution is 2.54. The number of rotatable bonds is 6.